The molecule has 0 amide bonds. The molecule has 0 spiro atoms. The van der Waals surface area contributed by atoms with Gasteiger partial charge in [0.2, 0.25) is 0 Å². The molecule has 0 saturated carbocycles. The van der Waals surface area contributed by atoms with Gasteiger partial charge in [0, 0.05) is 0 Å². The maximum Gasteiger partial charge on any atom is 0.0966 e. The molecule has 0 aliphatic rings. The molecule has 1 aromatic heterocycles. The lowest BCUT2D eigenvalue weighted by molar-refractivity contribution is 1.41. The Morgan fingerprint density at radius 3 is 1.69 bits per heavy atom. The molecule has 0 bridgehead atoms. The van der Waals surface area contributed by atoms with Crippen molar-refractivity contribution in [2.75, 3.05) is 0 Å². The van der Waals surface area contributed by atoms with E-state index in [9.17, 15) is 0 Å². The molecule has 0 radical (unpaired) electrons. The Kier molecular flexibility index (Phi) is 2.35. The Labute approximate surface area is 97.9 Å². The minimum Gasteiger partial charge on any atom is -0.244 e. The number of rotatable bonds is 0. The van der Waals surface area contributed by atoms with Gasteiger partial charge < -0.3 is 0 Å². The van der Waals surface area contributed by atoms with Crippen LogP contribution in [-0.4, -0.2) is 9.97 Å². The summed E-state index contributed by atoms with van der Waals surface area (Å²) in [5, 5.41) is 2.17. The largest absolute Gasteiger partial charge is 0.244 e. The summed E-state index contributed by atoms with van der Waals surface area (Å²) in [6, 6.07) is 12.0. The molecule has 2 unspecified atom stereocenters. The Morgan fingerprint density at radius 1 is 0.688 bits per heavy atom. The molecule has 1 heterocycles. The SMILES string of the molecule is Pc1cccc2nc3cccc(P)c3nc12. The first-order chi connectivity index (χ1) is 7.75. The summed E-state index contributed by atoms with van der Waals surface area (Å²) < 4.78 is 0. The fraction of sp³-hybridized carbons (Fsp3) is 0. The van der Waals surface area contributed by atoms with Crippen LogP contribution in [0.15, 0.2) is 36.4 Å². The average molecular weight is 244 g/mol. The van der Waals surface area contributed by atoms with Crippen molar-refractivity contribution in [2.24, 2.45) is 0 Å². The van der Waals surface area contributed by atoms with Gasteiger partial charge in [-0.3, -0.25) is 0 Å². The Bertz CT molecular complexity index is 638. The van der Waals surface area contributed by atoms with Crippen molar-refractivity contribution in [1.82, 2.24) is 9.97 Å². The van der Waals surface area contributed by atoms with E-state index in [0.717, 1.165) is 32.7 Å². The molecule has 3 aromatic rings. The second-order valence-corrected chi connectivity index (χ2v) is 4.90. The summed E-state index contributed by atoms with van der Waals surface area (Å²) in [6.07, 6.45) is 0. The minimum atomic E-state index is 0.940. The van der Waals surface area contributed by atoms with Gasteiger partial charge in [0.25, 0.3) is 0 Å². The Hall–Kier alpha value is -1.10. The number of aromatic nitrogens is 2. The van der Waals surface area contributed by atoms with Gasteiger partial charge in [-0.2, -0.15) is 0 Å². The van der Waals surface area contributed by atoms with E-state index in [0.29, 0.717) is 0 Å². The second-order valence-electron chi connectivity index (χ2n) is 3.65. The summed E-state index contributed by atoms with van der Waals surface area (Å²) in [5.41, 5.74) is 3.79. The van der Waals surface area contributed by atoms with Crippen molar-refractivity contribution in [3.8, 4) is 0 Å². The molecule has 0 aliphatic carbocycles. The summed E-state index contributed by atoms with van der Waals surface area (Å²) >= 11 is 0. The van der Waals surface area contributed by atoms with Crippen molar-refractivity contribution in [3.63, 3.8) is 0 Å². The van der Waals surface area contributed by atoms with Crippen LogP contribution < -0.4 is 10.6 Å². The summed E-state index contributed by atoms with van der Waals surface area (Å²) in [4.78, 5) is 9.28. The van der Waals surface area contributed by atoms with E-state index in [1.165, 1.54) is 0 Å². The topological polar surface area (TPSA) is 25.8 Å². The van der Waals surface area contributed by atoms with Crippen LogP contribution in [0.2, 0.25) is 0 Å². The van der Waals surface area contributed by atoms with Gasteiger partial charge in [-0.25, -0.2) is 9.97 Å². The van der Waals surface area contributed by atoms with E-state index in [-0.39, 0.29) is 0 Å². The lowest BCUT2D eigenvalue weighted by Crippen LogP contribution is -2.02. The molecule has 78 valence electrons. The third-order valence-corrected chi connectivity index (χ3v) is 3.49. The van der Waals surface area contributed by atoms with Crippen LogP contribution in [-0.2, 0) is 0 Å². The standard InChI is InChI=1S/C12H10N2P2/c15-9-5-1-3-7-11(9)14-12-8(13-7)4-2-6-10(12)16/h1-6H,15-16H2. The predicted octanol–water partition coefficient (Wildman–Crippen LogP) is 1.78. The molecular formula is C12H10N2P2. The molecule has 0 aliphatic heterocycles. The van der Waals surface area contributed by atoms with Gasteiger partial charge >= 0.3 is 0 Å². The lowest BCUT2D eigenvalue weighted by Gasteiger charge is -2.04. The van der Waals surface area contributed by atoms with Gasteiger partial charge in [-0.15, -0.1) is 18.5 Å². The highest BCUT2D eigenvalue weighted by Gasteiger charge is 2.04. The van der Waals surface area contributed by atoms with Crippen molar-refractivity contribution in [2.45, 2.75) is 0 Å². The van der Waals surface area contributed by atoms with Gasteiger partial charge in [0.05, 0.1) is 22.1 Å². The van der Waals surface area contributed by atoms with E-state index in [1.807, 2.05) is 36.4 Å². The first kappa shape index (κ1) is 10.1. The molecule has 0 saturated heterocycles. The normalized spacial score (nSPS) is 11.1. The van der Waals surface area contributed by atoms with Crippen LogP contribution in [0.1, 0.15) is 0 Å². The van der Waals surface area contributed by atoms with Gasteiger partial charge in [0.15, 0.2) is 0 Å². The van der Waals surface area contributed by atoms with Crippen LogP contribution in [0.25, 0.3) is 22.1 Å². The summed E-state index contributed by atoms with van der Waals surface area (Å²) in [7, 11) is 5.40. The maximum atomic E-state index is 4.67. The zero-order valence-corrected chi connectivity index (χ0v) is 10.8. The third-order valence-electron chi connectivity index (χ3n) is 2.56. The fourth-order valence-corrected chi connectivity index (χ4v) is 2.41. The number of para-hydroxylation sites is 2. The van der Waals surface area contributed by atoms with Crippen molar-refractivity contribution in [3.05, 3.63) is 36.4 Å². The average Bonchev–Trinajstić information content (AvgIpc) is 2.28. The van der Waals surface area contributed by atoms with Crippen molar-refractivity contribution in [1.29, 1.82) is 0 Å². The van der Waals surface area contributed by atoms with E-state index in [2.05, 4.69) is 28.4 Å². The highest BCUT2D eigenvalue weighted by atomic mass is 31.0. The first-order valence-electron chi connectivity index (χ1n) is 4.96. The Morgan fingerprint density at radius 2 is 1.19 bits per heavy atom. The maximum absolute atomic E-state index is 4.67. The molecule has 2 aromatic carbocycles. The fourth-order valence-electron chi connectivity index (χ4n) is 1.76. The van der Waals surface area contributed by atoms with E-state index in [1.54, 1.807) is 0 Å². The monoisotopic (exact) mass is 244 g/mol. The van der Waals surface area contributed by atoms with Crippen LogP contribution in [0, 0.1) is 0 Å². The van der Waals surface area contributed by atoms with Crippen LogP contribution in [0.3, 0.4) is 0 Å². The quantitative estimate of drug-likeness (QED) is 0.445. The molecule has 16 heavy (non-hydrogen) atoms. The molecule has 2 atom stereocenters. The van der Waals surface area contributed by atoms with Crippen molar-refractivity contribution < 1.29 is 0 Å². The van der Waals surface area contributed by atoms with Gasteiger partial charge in [-0.05, 0) is 22.7 Å². The van der Waals surface area contributed by atoms with E-state index < -0.39 is 0 Å². The van der Waals surface area contributed by atoms with Crippen LogP contribution in [0.4, 0.5) is 0 Å². The number of nitrogens with zero attached hydrogens (tertiary/aromatic N) is 2. The second kappa shape index (κ2) is 3.73. The zero-order valence-electron chi connectivity index (χ0n) is 8.51. The van der Waals surface area contributed by atoms with Gasteiger partial charge in [0.1, 0.15) is 0 Å². The van der Waals surface area contributed by atoms with Crippen LogP contribution >= 0.6 is 18.5 Å². The lowest BCUT2D eigenvalue weighted by atomic mass is 10.2. The number of benzene rings is 2. The molecule has 4 heteroatoms. The first-order valence-corrected chi connectivity index (χ1v) is 6.11. The summed E-state index contributed by atoms with van der Waals surface area (Å²) in [5.74, 6) is 0. The molecule has 0 N–H and O–H groups in total. The minimum absolute atomic E-state index is 0.940. The third kappa shape index (κ3) is 1.50. The molecule has 3 rings (SSSR count). The number of hydrogen-bond acceptors (Lipinski definition) is 2. The zero-order chi connectivity index (χ0) is 11.1. The molecule has 0 fully saturated rings. The van der Waals surface area contributed by atoms with Crippen LogP contribution in [0.5, 0.6) is 0 Å². The van der Waals surface area contributed by atoms with Crippen molar-refractivity contribution >= 4 is 51.2 Å². The number of hydrogen-bond donors (Lipinski definition) is 0. The highest BCUT2D eigenvalue weighted by Crippen LogP contribution is 2.15. The van der Waals surface area contributed by atoms with E-state index >= 15 is 0 Å². The molecule has 2 nitrogen and oxygen atoms in total. The van der Waals surface area contributed by atoms with Gasteiger partial charge in [-0.1, -0.05) is 24.3 Å². The smallest absolute Gasteiger partial charge is 0.0966 e. The van der Waals surface area contributed by atoms with E-state index in [4.69, 9.17) is 0 Å². The Balaban J connectivity index is 2.55. The predicted molar refractivity (Wildman–Crippen MR) is 75.7 cm³/mol. The number of fused-ring (bicyclic) bond motifs is 2. The molecular weight excluding hydrogens is 234 g/mol. The highest BCUT2D eigenvalue weighted by molar-refractivity contribution is 7.28. The summed E-state index contributed by atoms with van der Waals surface area (Å²) in [6.45, 7) is 0.